The lowest BCUT2D eigenvalue weighted by atomic mass is 9.98. The summed E-state index contributed by atoms with van der Waals surface area (Å²) in [5.41, 5.74) is 0.877. The van der Waals surface area contributed by atoms with Gasteiger partial charge in [-0.1, -0.05) is 5.16 Å². The molecule has 0 aliphatic carbocycles. The average molecular weight is 294 g/mol. The molecule has 0 aromatic carbocycles. The molecular weight excluding hydrogens is 272 g/mol. The zero-order chi connectivity index (χ0) is 14.8. The van der Waals surface area contributed by atoms with Gasteiger partial charge in [0.15, 0.2) is 5.69 Å². The molecule has 0 atom stereocenters. The van der Waals surface area contributed by atoms with Gasteiger partial charge < -0.3 is 14.9 Å². The van der Waals surface area contributed by atoms with Crippen molar-refractivity contribution >= 4 is 5.91 Å². The summed E-state index contributed by atoms with van der Waals surface area (Å²) in [5.74, 6) is -0.0822. The number of aryl methyl sites for hydroxylation is 1. The topological polar surface area (TPSA) is 82.7 Å². The molecule has 0 bridgehead atoms. The van der Waals surface area contributed by atoms with Gasteiger partial charge in [0.2, 0.25) is 0 Å². The van der Waals surface area contributed by atoms with E-state index in [2.05, 4.69) is 19.8 Å². The Morgan fingerprint density at radius 3 is 2.38 bits per heavy atom. The van der Waals surface area contributed by atoms with Crippen molar-refractivity contribution in [3.8, 4) is 0 Å². The summed E-state index contributed by atoms with van der Waals surface area (Å²) >= 11 is 0. The van der Waals surface area contributed by atoms with Crippen LogP contribution in [0.5, 0.6) is 0 Å². The number of likely N-dealkylation sites (tertiary alicyclic amines) is 2. The maximum atomic E-state index is 12.3. The Morgan fingerprint density at radius 1 is 1.14 bits per heavy atom. The fourth-order valence-corrected chi connectivity index (χ4v) is 3.26. The molecule has 0 saturated carbocycles. The molecule has 1 N–H and O–H groups in total. The van der Waals surface area contributed by atoms with Crippen LogP contribution in [-0.4, -0.2) is 69.5 Å². The largest absolute Gasteiger partial charge is 0.393 e. The Labute approximate surface area is 123 Å². The van der Waals surface area contributed by atoms with Crippen molar-refractivity contribution in [3.05, 3.63) is 11.4 Å². The first-order valence-electron chi connectivity index (χ1n) is 7.65. The zero-order valence-electron chi connectivity index (χ0n) is 12.4. The van der Waals surface area contributed by atoms with E-state index in [1.165, 1.54) is 0 Å². The molecule has 2 fully saturated rings. The van der Waals surface area contributed by atoms with Crippen molar-refractivity contribution in [2.45, 2.75) is 44.8 Å². The average Bonchev–Trinajstić information content (AvgIpc) is 2.94. The number of aromatic nitrogens is 2. The normalized spacial score (nSPS) is 22.7. The van der Waals surface area contributed by atoms with Crippen molar-refractivity contribution < 1.29 is 14.5 Å². The number of carbonyl (C=O) groups excluding carboxylic acids is 1. The number of aliphatic hydroxyl groups excluding tert-OH is 1. The minimum Gasteiger partial charge on any atom is -0.393 e. The number of piperidine rings is 2. The molecule has 3 heterocycles. The summed E-state index contributed by atoms with van der Waals surface area (Å²) < 4.78 is 4.60. The van der Waals surface area contributed by atoms with Crippen LogP contribution < -0.4 is 0 Å². The first-order chi connectivity index (χ1) is 10.1. The summed E-state index contributed by atoms with van der Waals surface area (Å²) in [6.45, 7) is 5.15. The highest BCUT2D eigenvalue weighted by atomic mass is 16.6. The summed E-state index contributed by atoms with van der Waals surface area (Å²) in [4.78, 5) is 16.6. The van der Waals surface area contributed by atoms with Crippen LogP contribution in [0.3, 0.4) is 0 Å². The van der Waals surface area contributed by atoms with Gasteiger partial charge >= 0.3 is 0 Å². The Balaban J connectivity index is 1.53. The molecule has 7 heteroatoms. The van der Waals surface area contributed by atoms with Crippen LogP contribution in [0.15, 0.2) is 4.63 Å². The second kappa shape index (κ2) is 6.11. The first-order valence-corrected chi connectivity index (χ1v) is 7.65. The predicted molar refractivity (Wildman–Crippen MR) is 74.8 cm³/mol. The van der Waals surface area contributed by atoms with Crippen LogP contribution in [0.4, 0.5) is 0 Å². The summed E-state index contributed by atoms with van der Waals surface area (Å²) in [6, 6.07) is 0.526. The molecule has 0 radical (unpaired) electrons. The van der Waals surface area contributed by atoms with Gasteiger partial charge in [0.25, 0.3) is 5.91 Å². The van der Waals surface area contributed by atoms with Gasteiger partial charge in [-0.2, -0.15) is 0 Å². The number of carbonyl (C=O) groups is 1. The lowest BCUT2D eigenvalue weighted by Crippen LogP contribution is -2.49. The van der Waals surface area contributed by atoms with E-state index in [0.717, 1.165) is 51.9 Å². The van der Waals surface area contributed by atoms with E-state index in [0.29, 0.717) is 17.4 Å². The monoisotopic (exact) mass is 294 g/mol. The lowest BCUT2D eigenvalue weighted by Gasteiger charge is -2.40. The predicted octanol–water partition coefficient (Wildman–Crippen LogP) is 0.439. The van der Waals surface area contributed by atoms with E-state index in [-0.39, 0.29) is 12.0 Å². The van der Waals surface area contributed by atoms with Gasteiger partial charge in [0.1, 0.15) is 5.69 Å². The minimum absolute atomic E-state index is 0.0822. The fourth-order valence-electron chi connectivity index (χ4n) is 3.26. The van der Waals surface area contributed by atoms with E-state index in [4.69, 9.17) is 0 Å². The second-order valence-corrected chi connectivity index (χ2v) is 5.99. The molecule has 2 aliphatic rings. The highest BCUT2D eigenvalue weighted by Crippen LogP contribution is 2.22. The van der Waals surface area contributed by atoms with Crippen LogP contribution in [0, 0.1) is 6.92 Å². The molecule has 2 aliphatic heterocycles. The van der Waals surface area contributed by atoms with Crippen molar-refractivity contribution in [1.82, 2.24) is 20.1 Å². The standard InChI is InChI=1S/C14H22N4O3/c1-10-13(16-21-15-10)14(20)18-6-2-11(3-7-18)17-8-4-12(19)5-9-17/h11-12,19H,2-9H2,1H3. The van der Waals surface area contributed by atoms with Crippen LogP contribution in [0.2, 0.25) is 0 Å². The van der Waals surface area contributed by atoms with Crippen LogP contribution in [-0.2, 0) is 0 Å². The lowest BCUT2D eigenvalue weighted by molar-refractivity contribution is 0.0353. The Morgan fingerprint density at radius 2 is 1.81 bits per heavy atom. The van der Waals surface area contributed by atoms with Gasteiger partial charge in [0, 0.05) is 32.2 Å². The molecule has 1 amide bonds. The highest BCUT2D eigenvalue weighted by Gasteiger charge is 2.30. The maximum absolute atomic E-state index is 12.3. The van der Waals surface area contributed by atoms with Crippen molar-refractivity contribution in [1.29, 1.82) is 0 Å². The van der Waals surface area contributed by atoms with Gasteiger partial charge in [-0.15, -0.1) is 0 Å². The third kappa shape index (κ3) is 3.08. The number of hydrogen-bond acceptors (Lipinski definition) is 6. The maximum Gasteiger partial charge on any atom is 0.278 e. The quantitative estimate of drug-likeness (QED) is 0.852. The van der Waals surface area contributed by atoms with Crippen LogP contribution in [0.1, 0.15) is 41.9 Å². The van der Waals surface area contributed by atoms with Crippen molar-refractivity contribution in [3.63, 3.8) is 0 Å². The van der Waals surface area contributed by atoms with Crippen LogP contribution in [0.25, 0.3) is 0 Å². The van der Waals surface area contributed by atoms with Crippen LogP contribution >= 0.6 is 0 Å². The molecule has 116 valence electrons. The molecule has 7 nitrogen and oxygen atoms in total. The van der Waals surface area contributed by atoms with Gasteiger partial charge in [-0.05, 0) is 37.8 Å². The fraction of sp³-hybridized carbons (Fsp3) is 0.786. The molecule has 0 spiro atoms. The highest BCUT2D eigenvalue weighted by molar-refractivity contribution is 5.93. The van der Waals surface area contributed by atoms with E-state index < -0.39 is 0 Å². The third-order valence-corrected chi connectivity index (χ3v) is 4.62. The van der Waals surface area contributed by atoms with E-state index in [1.807, 2.05) is 4.90 Å². The van der Waals surface area contributed by atoms with Crippen molar-refractivity contribution in [2.75, 3.05) is 26.2 Å². The Bertz CT molecular complexity index is 488. The molecule has 3 rings (SSSR count). The molecule has 1 aromatic heterocycles. The number of hydrogen-bond donors (Lipinski definition) is 1. The number of amides is 1. The molecule has 0 unspecified atom stereocenters. The minimum atomic E-state index is -0.134. The van der Waals surface area contributed by atoms with E-state index in [1.54, 1.807) is 6.92 Å². The zero-order valence-corrected chi connectivity index (χ0v) is 12.4. The first kappa shape index (κ1) is 14.5. The molecular formula is C14H22N4O3. The van der Waals surface area contributed by atoms with E-state index in [9.17, 15) is 9.90 Å². The smallest absolute Gasteiger partial charge is 0.278 e. The Kier molecular flexibility index (Phi) is 4.21. The summed E-state index contributed by atoms with van der Waals surface area (Å²) in [6.07, 6.45) is 3.55. The molecule has 1 aromatic rings. The second-order valence-electron chi connectivity index (χ2n) is 5.99. The van der Waals surface area contributed by atoms with Gasteiger partial charge in [-0.25, -0.2) is 4.63 Å². The molecule has 21 heavy (non-hydrogen) atoms. The van der Waals surface area contributed by atoms with Gasteiger partial charge in [-0.3, -0.25) is 4.79 Å². The number of rotatable bonds is 2. The summed E-state index contributed by atoms with van der Waals surface area (Å²) in [5, 5.41) is 16.9. The van der Waals surface area contributed by atoms with Crippen molar-refractivity contribution in [2.24, 2.45) is 0 Å². The molecule has 2 saturated heterocycles. The van der Waals surface area contributed by atoms with E-state index >= 15 is 0 Å². The summed E-state index contributed by atoms with van der Waals surface area (Å²) in [7, 11) is 0. The SMILES string of the molecule is Cc1nonc1C(=O)N1CCC(N2CCC(O)CC2)CC1. The number of aliphatic hydroxyl groups is 1. The van der Waals surface area contributed by atoms with Gasteiger partial charge in [0.05, 0.1) is 6.10 Å². The Hall–Kier alpha value is -1.47. The third-order valence-electron chi connectivity index (χ3n) is 4.62. The number of nitrogens with zero attached hydrogens (tertiary/aromatic N) is 4.